The highest BCUT2D eigenvalue weighted by atomic mass is 19.1. The number of halogens is 1. The molecule has 0 aliphatic carbocycles. The van der Waals surface area contributed by atoms with Gasteiger partial charge >= 0.3 is 5.97 Å². The normalized spacial score (nSPS) is 13.5. The van der Waals surface area contributed by atoms with E-state index < -0.39 is 6.36 Å². The number of benzene rings is 1. The summed E-state index contributed by atoms with van der Waals surface area (Å²) in [6.07, 6.45) is 4.89. The fourth-order valence-corrected chi connectivity index (χ4v) is 2.38. The maximum Gasteiger partial charge on any atom is 0.338 e. The Morgan fingerprint density at radius 2 is 1.71 bits per heavy atom. The van der Waals surface area contributed by atoms with Crippen molar-refractivity contribution < 1.29 is 18.7 Å². The Morgan fingerprint density at radius 1 is 1.04 bits per heavy atom. The lowest BCUT2D eigenvalue weighted by atomic mass is 10.1. The molecule has 0 heterocycles. The minimum atomic E-state index is -1.24. The number of alkyl halides is 1. The predicted octanol–water partition coefficient (Wildman–Crippen LogP) is 5.99. The van der Waals surface area contributed by atoms with Gasteiger partial charge in [0.15, 0.2) is 6.36 Å². The summed E-state index contributed by atoms with van der Waals surface area (Å²) in [5.41, 5.74) is 1.37. The summed E-state index contributed by atoms with van der Waals surface area (Å²) >= 11 is 0. The zero-order valence-corrected chi connectivity index (χ0v) is 15.2. The van der Waals surface area contributed by atoms with Gasteiger partial charge in [-0.3, -0.25) is 0 Å². The van der Waals surface area contributed by atoms with E-state index in [0.29, 0.717) is 18.6 Å². The van der Waals surface area contributed by atoms with E-state index >= 15 is 0 Å². The van der Waals surface area contributed by atoms with E-state index in [9.17, 15) is 9.18 Å². The number of carbonyl (C=O) groups is 1. The van der Waals surface area contributed by atoms with Gasteiger partial charge in [0.05, 0.1) is 18.3 Å². The van der Waals surface area contributed by atoms with Gasteiger partial charge in [-0.2, -0.15) is 0 Å². The number of unbranched alkanes of at least 4 members (excludes halogenated alkanes) is 4. The van der Waals surface area contributed by atoms with Crippen molar-refractivity contribution in [1.82, 2.24) is 0 Å². The molecule has 24 heavy (non-hydrogen) atoms. The summed E-state index contributed by atoms with van der Waals surface area (Å²) in [5, 5.41) is 0. The van der Waals surface area contributed by atoms with Crippen LogP contribution in [0.15, 0.2) is 24.3 Å². The fraction of sp³-hybridized carbons (Fsp3) is 0.650. The molecule has 0 aliphatic heterocycles. The summed E-state index contributed by atoms with van der Waals surface area (Å²) in [7, 11) is 0. The first kappa shape index (κ1) is 20.6. The Kier molecular flexibility index (Phi) is 10.3. The van der Waals surface area contributed by atoms with E-state index in [4.69, 9.17) is 9.47 Å². The molecule has 1 aromatic carbocycles. The largest absolute Gasteiger partial charge is 0.462 e. The Bertz CT molecular complexity index is 458. The molecule has 4 heteroatoms. The highest BCUT2D eigenvalue weighted by molar-refractivity contribution is 5.89. The second-order valence-corrected chi connectivity index (χ2v) is 6.15. The molecular formula is C20H31FO3. The molecule has 0 aromatic heterocycles. The van der Waals surface area contributed by atoms with E-state index in [0.717, 1.165) is 44.1 Å². The third-order valence-electron chi connectivity index (χ3n) is 3.98. The first-order valence-electron chi connectivity index (χ1n) is 9.15. The monoisotopic (exact) mass is 338 g/mol. The number of rotatable bonds is 12. The van der Waals surface area contributed by atoms with Crippen molar-refractivity contribution in [3.8, 4) is 0 Å². The average Bonchev–Trinajstić information content (AvgIpc) is 2.59. The van der Waals surface area contributed by atoms with Crippen molar-refractivity contribution in [3.63, 3.8) is 0 Å². The van der Waals surface area contributed by atoms with Crippen molar-refractivity contribution in [2.24, 2.45) is 0 Å². The van der Waals surface area contributed by atoms with E-state index in [1.165, 1.54) is 0 Å². The lowest BCUT2D eigenvalue weighted by molar-refractivity contribution is -0.0852. The summed E-state index contributed by atoms with van der Waals surface area (Å²) in [4.78, 5) is 11.8. The SMILES string of the molecule is CCCCCCC(F)OC(C)c1ccc(C(=O)OCCCC)cc1. The number of esters is 1. The minimum Gasteiger partial charge on any atom is -0.462 e. The molecule has 0 bridgehead atoms. The van der Waals surface area contributed by atoms with Gasteiger partial charge < -0.3 is 9.47 Å². The summed E-state index contributed by atoms with van der Waals surface area (Å²) < 4.78 is 24.4. The van der Waals surface area contributed by atoms with Gasteiger partial charge in [0.2, 0.25) is 0 Å². The lowest BCUT2D eigenvalue weighted by Gasteiger charge is -2.17. The minimum absolute atomic E-state index is 0.317. The molecular weight excluding hydrogens is 307 g/mol. The average molecular weight is 338 g/mol. The van der Waals surface area contributed by atoms with Crippen LogP contribution in [-0.4, -0.2) is 18.9 Å². The van der Waals surface area contributed by atoms with Crippen LogP contribution in [-0.2, 0) is 9.47 Å². The van der Waals surface area contributed by atoms with Gasteiger partial charge in [-0.1, -0.05) is 51.7 Å². The summed E-state index contributed by atoms with van der Waals surface area (Å²) in [6.45, 7) is 6.45. The van der Waals surface area contributed by atoms with Gasteiger partial charge in [-0.25, -0.2) is 9.18 Å². The predicted molar refractivity (Wildman–Crippen MR) is 94.8 cm³/mol. The number of ether oxygens (including phenoxy) is 2. The van der Waals surface area contributed by atoms with Gasteiger partial charge in [0.1, 0.15) is 0 Å². The molecule has 0 saturated heterocycles. The van der Waals surface area contributed by atoms with E-state index in [1.54, 1.807) is 24.3 Å². The van der Waals surface area contributed by atoms with Crippen LogP contribution < -0.4 is 0 Å². The van der Waals surface area contributed by atoms with Crippen molar-refractivity contribution in [2.75, 3.05) is 6.61 Å². The van der Waals surface area contributed by atoms with Crippen LogP contribution in [0.5, 0.6) is 0 Å². The maximum atomic E-state index is 13.9. The molecule has 0 saturated carbocycles. The fourth-order valence-electron chi connectivity index (χ4n) is 2.38. The standard InChI is InChI=1S/C20H31FO3/c1-4-6-8-9-10-19(21)24-16(3)17-11-13-18(14-12-17)20(22)23-15-7-5-2/h11-14,16,19H,4-10,15H2,1-3H3. The van der Waals surface area contributed by atoms with Crippen molar-refractivity contribution in [2.45, 2.75) is 78.2 Å². The van der Waals surface area contributed by atoms with Gasteiger partial charge in [0, 0.05) is 6.42 Å². The number of hydrogen-bond acceptors (Lipinski definition) is 3. The summed E-state index contributed by atoms with van der Waals surface area (Å²) in [5.74, 6) is -0.317. The Morgan fingerprint density at radius 3 is 2.33 bits per heavy atom. The van der Waals surface area contributed by atoms with Crippen LogP contribution >= 0.6 is 0 Å². The lowest BCUT2D eigenvalue weighted by Crippen LogP contribution is -2.11. The van der Waals surface area contributed by atoms with Crippen molar-refractivity contribution in [3.05, 3.63) is 35.4 Å². The van der Waals surface area contributed by atoms with Crippen LogP contribution in [0.3, 0.4) is 0 Å². The van der Waals surface area contributed by atoms with Crippen LogP contribution in [0.25, 0.3) is 0 Å². The quantitative estimate of drug-likeness (QED) is 0.347. The second kappa shape index (κ2) is 12.0. The van der Waals surface area contributed by atoms with E-state index in [2.05, 4.69) is 6.92 Å². The number of carbonyl (C=O) groups excluding carboxylic acids is 1. The second-order valence-electron chi connectivity index (χ2n) is 6.15. The van der Waals surface area contributed by atoms with Gasteiger partial charge in [0.25, 0.3) is 0 Å². The first-order valence-corrected chi connectivity index (χ1v) is 9.15. The highest BCUT2D eigenvalue weighted by Gasteiger charge is 2.14. The Labute approximate surface area is 145 Å². The smallest absolute Gasteiger partial charge is 0.338 e. The van der Waals surface area contributed by atoms with E-state index in [-0.39, 0.29) is 12.1 Å². The molecule has 136 valence electrons. The molecule has 1 rings (SSSR count). The van der Waals surface area contributed by atoms with Crippen LogP contribution in [0.2, 0.25) is 0 Å². The first-order chi connectivity index (χ1) is 11.6. The highest BCUT2D eigenvalue weighted by Crippen LogP contribution is 2.22. The molecule has 0 N–H and O–H groups in total. The van der Waals surface area contributed by atoms with Gasteiger partial charge in [-0.15, -0.1) is 0 Å². The number of hydrogen-bond donors (Lipinski definition) is 0. The van der Waals surface area contributed by atoms with Crippen molar-refractivity contribution in [1.29, 1.82) is 0 Å². The molecule has 1 aromatic rings. The zero-order valence-electron chi connectivity index (χ0n) is 15.2. The Balaban J connectivity index is 2.42. The van der Waals surface area contributed by atoms with Crippen molar-refractivity contribution >= 4 is 5.97 Å². The molecule has 0 spiro atoms. The molecule has 2 unspecified atom stereocenters. The zero-order chi connectivity index (χ0) is 17.8. The van der Waals surface area contributed by atoms with E-state index in [1.807, 2.05) is 13.8 Å². The molecule has 2 atom stereocenters. The molecule has 0 amide bonds. The Hall–Kier alpha value is -1.42. The molecule has 3 nitrogen and oxygen atoms in total. The van der Waals surface area contributed by atoms with Gasteiger partial charge in [-0.05, 0) is 37.5 Å². The summed E-state index contributed by atoms with van der Waals surface area (Å²) in [6, 6.07) is 7.01. The maximum absolute atomic E-state index is 13.9. The third kappa shape index (κ3) is 7.91. The topological polar surface area (TPSA) is 35.5 Å². The third-order valence-corrected chi connectivity index (χ3v) is 3.98. The van der Waals surface area contributed by atoms with Crippen LogP contribution in [0, 0.1) is 0 Å². The molecule has 0 fully saturated rings. The molecule has 0 aliphatic rings. The van der Waals surface area contributed by atoms with Crippen LogP contribution in [0.1, 0.15) is 87.7 Å². The van der Waals surface area contributed by atoms with Crippen LogP contribution in [0.4, 0.5) is 4.39 Å². The molecule has 0 radical (unpaired) electrons.